The van der Waals surface area contributed by atoms with E-state index >= 15 is 0 Å². The summed E-state index contributed by atoms with van der Waals surface area (Å²) in [7, 11) is 0. The lowest BCUT2D eigenvalue weighted by atomic mass is 10.2. The number of hydrogen-bond acceptors (Lipinski definition) is 3. The summed E-state index contributed by atoms with van der Waals surface area (Å²) in [5, 5.41) is 13.3. The molecule has 0 bridgehead atoms. The minimum absolute atomic E-state index is 0.0832. The summed E-state index contributed by atoms with van der Waals surface area (Å²) >= 11 is 8.53. The first-order valence-electron chi connectivity index (χ1n) is 4.84. The highest BCUT2D eigenvalue weighted by molar-refractivity contribution is 9.10. The molecule has 7 heteroatoms. The predicted molar refractivity (Wildman–Crippen MR) is 69.4 cm³/mol. The van der Waals surface area contributed by atoms with Crippen LogP contribution in [0.4, 0.5) is 11.4 Å². The molecule has 0 aliphatic rings. The van der Waals surface area contributed by atoms with E-state index in [1.807, 2.05) is 0 Å². The van der Waals surface area contributed by atoms with Gasteiger partial charge in [-0.25, -0.2) is 0 Å². The van der Waals surface area contributed by atoms with Crippen molar-refractivity contribution in [3.05, 3.63) is 32.8 Å². The van der Waals surface area contributed by atoms with Crippen LogP contribution in [0.3, 0.4) is 0 Å². The normalized spacial score (nSPS) is 10.0. The van der Waals surface area contributed by atoms with Crippen molar-refractivity contribution >= 4 is 44.8 Å². The van der Waals surface area contributed by atoms with Crippen LogP contribution in [-0.2, 0) is 4.79 Å². The van der Waals surface area contributed by atoms with Crippen molar-refractivity contribution in [2.75, 3.05) is 11.2 Å². The molecule has 1 aromatic carbocycles. The summed E-state index contributed by atoms with van der Waals surface area (Å²) < 4.78 is 0.376. The van der Waals surface area contributed by atoms with E-state index in [1.165, 1.54) is 12.1 Å². The van der Waals surface area contributed by atoms with Crippen LogP contribution in [0.15, 0.2) is 22.7 Å². The van der Waals surface area contributed by atoms with Gasteiger partial charge in [0.15, 0.2) is 0 Å². The third-order valence-electron chi connectivity index (χ3n) is 1.96. The Kier molecular flexibility index (Phi) is 5.37. The number of nitrogens with one attached hydrogen (secondary N) is 1. The molecule has 0 aliphatic heterocycles. The number of nitro groups is 1. The van der Waals surface area contributed by atoms with E-state index < -0.39 is 4.92 Å². The summed E-state index contributed by atoms with van der Waals surface area (Å²) in [6.45, 7) is 0. The third-order valence-corrected chi connectivity index (χ3v) is 2.90. The molecule has 0 saturated carbocycles. The molecule has 0 unspecified atom stereocenters. The second kappa shape index (κ2) is 6.56. The Morgan fingerprint density at radius 2 is 2.24 bits per heavy atom. The van der Waals surface area contributed by atoms with E-state index in [0.29, 0.717) is 28.9 Å². The van der Waals surface area contributed by atoms with Gasteiger partial charge in [0.1, 0.15) is 0 Å². The van der Waals surface area contributed by atoms with E-state index in [-0.39, 0.29) is 11.6 Å². The van der Waals surface area contributed by atoms with Gasteiger partial charge in [-0.15, -0.1) is 11.6 Å². The Balaban J connectivity index is 2.75. The topological polar surface area (TPSA) is 72.2 Å². The number of hydrogen-bond donors (Lipinski definition) is 1. The number of carbonyl (C=O) groups is 1. The number of carbonyl (C=O) groups excluding carboxylic acids is 1. The van der Waals surface area contributed by atoms with Gasteiger partial charge >= 0.3 is 0 Å². The Morgan fingerprint density at radius 3 is 2.82 bits per heavy atom. The molecule has 0 atom stereocenters. The van der Waals surface area contributed by atoms with Crippen LogP contribution in [0.5, 0.6) is 0 Å². The lowest BCUT2D eigenvalue weighted by Gasteiger charge is -2.04. The van der Waals surface area contributed by atoms with Gasteiger partial charge in [-0.3, -0.25) is 14.9 Å². The molecule has 0 saturated heterocycles. The van der Waals surface area contributed by atoms with Gasteiger partial charge in [0.05, 0.1) is 9.40 Å². The standard InChI is InChI=1S/C10H10BrClN2O3/c11-8-4-3-7(6-9(8)14(16)17)13-10(15)2-1-5-12/h3-4,6H,1-2,5H2,(H,13,15). The third kappa shape index (κ3) is 4.32. The van der Waals surface area contributed by atoms with Gasteiger partial charge in [-0.1, -0.05) is 0 Å². The van der Waals surface area contributed by atoms with Gasteiger partial charge in [0, 0.05) is 24.1 Å². The maximum atomic E-state index is 11.4. The van der Waals surface area contributed by atoms with E-state index in [0.717, 1.165) is 0 Å². The average molecular weight is 322 g/mol. The van der Waals surface area contributed by atoms with Gasteiger partial charge in [0.2, 0.25) is 5.91 Å². The van der Waals surface area contributed by atoms with Crippen LogP contribution in [0.2, 0.25) is 0 Å². The fraction of sp³-hybridized carbons (Fsp3) is 0.300. The number of alkyl halides is 1. The number of nitrogens with zero attached hydrogens (tertiary/aromatic N) is 1. The predicted octanol–water partition coefficient (Wildman–Crippen LogP) is 3.31. The SMILES string of the molecule is O=C(CCCCl)Nc1ccc(Br)c([N+](=O)[O-])c1. The quantitative estimate of drug-likeness (QED) is 0.514. The van der Waals surface area contributed by atoms with E-state index in [2.05, 4.69) is 21.2 Å². The largest absolute Gasteiger partial charge is 0.326 e. The first-order chi connectivity index (χ1) is 8.04. The van der Waals surface area contributed by atoms with Crippen molar-refractivity contribution in [1.82, 2.24) is 0 Å². The zero-order valence-corrected chi connectivity index (χ0v) is 11.1. The minimum Gasteiger partial charge on any atom is -0.326 e. The van der Waals surface area contributed by atoms with E-state index in [9.17, 15) is 14.9 Å². The molecule has 1 amide bonds. The lowest BCUT2D eigenvalue weighted by Crippen LogP contribution is -2.11. The fourth-order valence-electron chi connectivity index (χ4n) is 1.18. The van der Waals surface area contributed by atoms with Crippen molar-refractivity contribution < 1.29 is 9.72 Å². The maximum Gasteiger partial charge on any atom is 0.285 e. The zero-order valence-electron chi connectivity index (χ0n) is 8.78. The molecule has 0 heterocycles. The summed E-state index contributed by atoms with van der Waals surface area (Å²) in [6.07, 6.45) is 0.874. The molecule has 5 nitrogen and oxygen atoms in total. The molecule has 0 aliphatic carbocycles. The van der Waals surface area contributed by atoms with Crippen molar-refractivity contribution in [2.45, 2.75) is 12.8 Å². The Labute approximate surface area is 111 Å². The Hall–Kier alpha value is -1.14. The van der Waals surface area contributed by atoms with Gasteiger partial charge in [-0.2, -0.15) is 0 Å². The molecule has 0 radical (unpaired) electrons. The van der Waals surface area contributed by atoms with Crippen molar-refractivity contribution in [3.63, 3.8) is 0 Å². The van der Waals surface area contributed by atoms with Crippen molar-refractivity contribution in [1.29, 1.82) is 0 Å². The number of benzene rings is 1. The monoisotopic (exact) mass is 320 g/mol. The highest BCUT2D eigenvalue weighted by Gasteiger charge is 2.13. The number of nitro benzene ring substituents is 1. The fourth-order valence-corrected chi connectivity index (χ4v) is 1.71. The maximum absolute atomic E-state index is 11.4. The Bertz CT molecular complexity index is 440. The number of rotatable bonds is 5. The van der Waals surface area contributed by atoms with Gasteiger partial charge in [-0.05, 0) is 34.5 Å². The molecule has 0 fully saturated rings. The van der Waals surface area contributed by atoms with Crippen LogP contribution in [-0.4, -0.2) is 16.7 Å². The first kappa shape index (κ1) is 13.9. The highest BCUT2D eigenvalue weighted by atomic mass is 79.9. The van der Waals surface area contributed by atoms with Gasteiger partial charge < -0.3 is 5.32 Å². The first-order valence-corrected chi connectivity index (χ1v) is 6.17. The molecule has 17 heavy (non-hydrogen) atoms. The number of halogens is 2. The van der Waals surface area contributed by atoms with Gasteiger partial charge in [0.25, 0.3) is 5.69 Å². The number of amides is 1. The summed E-state index contributed by atoms with van der Waals surface area (Å²) in [5.41, 5.74) is 0.319. The molecule has 1 rings (SSSR count). The smallest absolute Gasteiger partial charge is 0.285 e. The molecule has 1 aromatic rings. The van der Waals surface area contributed by atoms with Crippen LogP contribution in [0.1, 0.15) is 12.8 Å². The molecular formula is C10H10BrClN2O3. The minimum atomic E-state index is -0.515. The molecular weight excluding hydrogens is 311 g/mol. The van der Waals surface area contributed by atoms with E-state index in [4.69, 9.17) is 11.6 Å². The highest BCUT2D eigenvalue weighted by Crippen LogP contribution is 2.27. The number of anilines is 1. The Morgan fingerprint density at radius 1 is 1.53 bits per heavy atom. The molecule has 1 N–H and O–H groups in total. The lowest BCUT2D eigenvalue weighted by molar-refractivity contribution is -0.385. The summed E-state index contributed by atoms with van der Waals surface area (Å²) in [6, 6.07) is 4.42. The second-order valence-corrected chi connectivity index (χ2v) is 4.50. The van der Waals surface area contributed by atoms with E-state index in [1.54, 1.807) is 6.07 Å². The van der Waals surface area contributed by atoms with Crippen LogP contribution < -0.4 is 5.32 Å². The molecule has 92 valence electrons. The molecule has 0 aromatic heterocycles. The van der Waals surface area contributed by atoms with Crippen LogP contribution in [0.25, 0.3) is 0 Å². The van der Waals surface area contributed by atoms with Crippen LogP contribution >= 0.6 is 27.5 Å². The summed E-state index contributed by atoms with van der Waals surface area (Å²) in [4.78, 5) is 21.5. The van der Waals surface area contributed by atoms with Crippen molar-refractivity contribution in [2.24, 2.45) is 0 Å². The zero-order chi connectivity index (χ0) is 12.8. The molecule has 0 spiro atoms. The van der Waals surface area contributed by atoms with Crippen molar-refractivity contribution in [3.8, 4) is 0 Å². The second-order valence-electron chi connectivity index (χ2n) is 3.26. The average Bonchev–Trinajstić information content (AvgIpc) is 2.28. The summed E-state index contributed by atoms with van der Waals surface area (Å²) in [5.74, 6) is 0.204. The van der Waals surface area contributed by atoms with Crippen LogP contribution in [0, 0.1) is 10.1 Å².